The fourth-order valence-corrected chi connectivity index (χ4v) is 2.01. The van der Waals surface area contributed by atoms with Crippen molar-refractivity contribution in [3.63, 3.8) is 0 Å². The van der Waals surface area contributed by atoms with E-state index in [-0.39, 0.29) is 0 Å². The van der Waals surface area contributed by atoms with Crippen LogP contribution in [0.25, 0.3) is 0 Å². The van der Waals surface area contributed by atoms with Gasteiger partial charge in [-0.3, -0.25) is 0 Å². The van der Waals surface area contributed by atoms with E-state index in [1.807, 2.05) is 0 Å². The Morgan fingerprint density at radius 2 is 1.93 bits per heavy atom. The van der Waals surface area contributed by atoms with E-state index in [1.165, 1.54) is 22.3 Å². The van der Waals surface area contributed by atoms with Gasteiger partial charge in [-0.05, 0) is 37.3 Å². The summed E-state index contributed by atoms with van der Waals surface area (Å²) in [5.41, 5.74) is 5.19. The zero-order valence-corrected chi connectivity index (χ0v) is 10.4. The van der Waals surface area contributed by atoms with Gasteiger partial charge in [0.05, 0.1) is 0 Å². The maximum Gasteiger partial charge on any atom is 0.00152 e. The lowest BCUT2D eigenvalue weighted by Crippen LogP contribution is -2.09. The van der Waals surface area contributed by atoms with Crippen LogP contribution in [0.15, 0.2) is 47.6 Å². The van der Waals surface area contributed by atoms with E-state index in [0.29, 0.717) is 11.8 Å². The minimum absolute atomic E-state index is 0.499. The van der Waals surface area contributed by atoms with E-state index < -0.39 is 0 Å². The molecule has 1 rings (SSSR count). The van der Waals surface area contributed by atoms with Crippen LogP contribution < -0.4 is 0 Å². The van der Waals surface area contributed by atoms with Gasteiger partial charge in [0.25, 0.3) is 0 Å². The van der Waals surface area contributed by atoms with Crippen LogP contribution in [0.4, 0.5) is 0 Å². The highest BCUT2D eigenvalue weighted by Crippen LogP contribution is 2.33. The molecule has 0 aliphatic heterocycles. The zero-order valence-electron chi connectivity index (χ0n) is 10.4. The van der Waals surface area contributed by atoms with Crippen molar-refractivity contribution in [2.75, 3.05) is 0 Å². The van der Waals surface area contributed by atoms with Crippen molar-refractivity contribution in [3.8, 4) is 0 Å². The third-order valence-electron chi connectivity index (χ3n) is 2.99. The Hall–Kier alpha value is -1.04. The van der Waals surface area contributed by atoms with Crippen LogP contribution in [0, 0.1) is 11.8 Å². The van der Waals surface area contributed by atoms with Gasteiger partial charge in [-0.2, -0.15) is 0 Å². The van der Waals surface area contributed by atoms with Gasteiger partial charge in [0.2, 0.25) is 0 Å². The van der Waals surface area contributed by atoms with Gasteiger partial charge in [0.15, 0.2) is 0 Å². The molecule has 0 aromatic rings. The zero-order chi connectivity index (χ0) is 11.6. The van der Waals surface area contributed by atoms with Crippen molar-refractivity contribution in [1.82, 2.24) is 0 Å². The summed E-state index contributed by atoms with van der Waals surface area (Å²) in [5, 5.41) is 0. The Labute approximate surface area is 94.1 Å². The molecular formula is C15H22. The van der Waals surface area contributed by atoms with Crippen molar-refractivity contribution in [2.45, 2.75) is 34.1 Å². The summed E-state index contributed by atoms with van der Waals surface area (Å²) in [6, 6.07) is 0. The molecule has 0 fully saturated rings. The Bertz CT molecular complexity index is 337. The van der Waals surface area contributed by atoms with E-state index in [4.69, 9.17) is 0 Å². The molecule has 0 spiro atoms. The van der Waals surface area contributed by atoms with Crippen LogP contribution >= 0.6 is 0 Å². The van der Waals surface area contributed by atoms with Crippen molar-refractivity contribution in [3.05, 3.63) is 47.6 Å². The number of hydrogen-bond donors (Lipinski definition) is 0. The highest BCUT2D eigenvalue weighted by atomic mass is 14.2. The highest BCUT2D eigenvalue weighted by Gasteiger charge is 2.18. The van der Waals surface area contributed by atoms with E-state index in [0.717, 1.165) is 6.42 Å². The van der Waals surface area contributed by atoms with E-state index in [9.17, 15) is 0 Å². The summed E-state index contributed by atoms with van der Waals surface area (Å²) < 4.78 is 0. The molecule has 0 saturated heterocycles. The Morgan fingerprint density at radius 1 is 1.33 bits per heavy atom. The third-order valence-corrected chi connectivity index (χ3v) is 2.99. The summed E-state index contributed by atoms with van der Waals surface area (Å²) in [6.45, 7) is 16.8. The fraction of sp³-hybridized carbons (Fsp3) is 0.467. The first kappa shape index (κ1) is 12.0. The van der Waals surface area contributed by atoms with Gasteiger partial charge in [-0.25, -0.2) is 0 Å². The van der Waals surface area contributed by atoms with Crippen molar-refractivity contribution < 1.29 is 0 Å². The van der Waals surface area contributed by atoms with Gasteiger partial charge in [0, 0.05) is 5.92 Å². The quantitative estimate of drug-likeness (QED) is 0.583. The maximum absolute atomic E-state index is 4.07. The molecule has 1 aliphatic rings. The molecule has 0 aromatic heterocycles. The lowest BCUT2D eigenvalue weighted by atomic mass is 9.81. The minimum Gasteiger partial charge on any atom is -0.0995 e. The average molecular weight is 202 g/mol. The lowest BCUT2D eigenvalue weighted by Gasteiger charge is -2.24. The topological polar surface area (TPSA) is 0 Å². The van der Waals surface area contributed by atoms with Crippen LogP contribution in [-0.2, 0) is 0 Å². The molecule has 0 heterocycles. The number of hydrogen-bond acceptors (Lipinski definition) is 0. The van der Waals surface area contributed by atoms with Crippen molar-refractivity contribution in [1.29, 1.82) is 0 Å². The number of rotatable bonds is 3. The highest BCUT2D eigenvalue weighted by molar-refractivity contribution is 5.48. The summed E-state index contributed by atoms with van der Waals surface area (Å²) in [4.78, 5) is 0. The van der Waals surface area contributed by atoms with Gasteiger partial charge in [-0.1, -0.05) is 50.3 Å². The molecule has 0 aromatic carbocycles. The van der Waals surface area contributed by atoms with Gasteiger partial charge >= 0.3 is 0 Å². The summed E-state index contributed by atoms with van der Waals surface area (Å²) >= 11 is 0. The predicted molar refractivity (Wildman–Crippen MR) is 68.7 cm³/mol. The van der Waals surface area contributed by atoms with Crippen molar-refractivity contribution >= 4 is 0 Å². The van der Waals surface area contributed by atoms with Crippen LogP contribution in [0.2, 0.25) is 0 Å². The first-order chi connectivity index (χ1) is 6.93. The second kappa shape index (κ2) is 4.65. The smallest absolute Gasteiger partial charge is 0.00152 e. The van der Waals surface area contributed by atoms with E-state index >= 15 is 0 Å². The molecule has 0 heteroatoms. The molecule has 82 valence electrons. The van der Waals surface area contributed by atoms with Crippen LogP contribution in [0.1, 0.15) is 34.1 Å². The number of allylic oxidation sites excluding steroid dienone is 6. The first-order valence-electron chi connectivity index (χ1n) is 5.67. The molecule has 1 unspecified atom stereocenters. The summed E-state index contributed by atoms with van der Waals surface area (Å²) in [5.74, 6) is 1.08. The summed E-state index contributed by atoms with van der Waals surface area (Å²) in [7, 11) is 0. The van der Waals surface area contributed by atoms with Gasteiger partial charge < -0.3 is 0 Å². The van der Waals surface area contributed by atoms with E-state index in [1.54, 1.807) is 0 Å². The molecule has 0 saturated carbocycles. The van der Waals surface area contributed by atoms with Gasteiger partial charge in [-0.15, -0.1) is 0 Å². The molecule has 0 nitrogen and oxygen atoms in total. The SMILES string of the molecule is C=C(C)C1=CC(C(=C)C)CC=C1C(C)C. The van der Waals surface area contributed by atoms with Crippen LogP contribution in [-0.4, -0.2) is 0 Å². The molecule has 1 atom stereocenters. The Kier molecular flexibility index (Phi) is 3.73. The molecule has 0 radical (unpaired) electrons. The Balaban J connectivity index is 3.03. The maximum atomic E-state index is 4.07. The second-order valence-corrected chi connectivity index (χ2v) is 4.86. The largest absolute Gasteiger partial charge is 0.0995 e. The lowest BCUT2D eigenvalue weighted by molar-refractivity contribution is 0.705. The predicted octanol–water partition coefficient (Wildman–Crippen LogP) is 4.67. The van der Waals surface area contributed by atoms with Crippen molar-refractivity contribution in [2.24, 2.45) is 11.8 Å². The molecule has 15 heavy (non-hydrogen) atoms. The fourth-order valence-electron chi connectivity index (χ4n) is 2.01. The second-order valence-electron chi connectivity index (χ2n) is 4.86. The molecule has 0 bridgehead atoms. The monoisotopic (exact) mass is 202 g/mol. The molecular weight excluding hydrogens is 180 g/mol. The molecule has 1 aliphatic carbocycles. The van der Waals surface area contributed by atoms with E-state index in [2.05, 4.69) is 53.0 Å². The van der Waals surface area contributed by atoms with Gasteiger partial charge in [0.1, 0.15) is 0 Å². The van der Waals surface area contributed by atoms with Crippen LogP contribution in [0.5, 0.6) is 0 Å². The third kappa shape index (κ3) is 2.71. The normalized spacial score (nSPS) is 21.0. The first-order valence-corrected chi connectivity index (χ1v) is 5.67. The molecule has 0 N–H and O–H groups in total. The standard InChI is InChI=1S/C15H22/c1-10(2)13-7-8-14(11(3)4)15(9-13)12(5)6/h8-9,11,13H,1,5,7H2,2-4,6H3. The van der Waals surface area contributed by atoms with Crippen LogP contribution in [0.3, 0.4) is 0 Å². The average Bonchev–Trinajstić information content (AvgIpc) is 2.16. The minimum atomic E-state index is 0.499. The Morgan fingerprint density at radius 3 is 2.33 bits per heavy atom. The molecule has 0 amide bonds. The summed E-state index contributed by atoms with van der Waals surface area (Å²) in [6.07, 6.45) is 5.79.